The lowest BCUT2D eigenvalue weighted by Gasteiger charge is -1.98. The predicted molar refractivity (Wildman–Crippen MR) is 50.1 cm³/mol. The molecule has 2 heterocycles. The van der Waals surface area contributed by atoms with Crippen LogP contribution in [0.2, 0.25) is 0 Å². The van der Waals surface area contributed by atoms with Gasteiger partial charge in [0.1, 0.15) is 17.5 Å². The fourth-order valence-corrected chi connectivity index (χ4v) is 1.47. The smallest absolute Gasteiger partial charge is 0.338 e. The second-order valence-electron chi connectivity index (χ2n) is 3.03. The number of aromatic nitrogens is 3. The number of aryl methyl sites for hydroxylation is 1. The average molecular weight is 205 g/mol. The Morgan fingerprint density at radius 2 is 2.33 bits per heavy atom. The standard InChI is InChI=1S/C9H7N3O3/c1-5-2-6(9(14)15)8-7(3-13)10-4-11-12(5)8/h2-4H,1H3,(H,14,15). The topological polar surface area (TPSA) is 84.6 Å². The number of hydrogen-bond donors (Lipinski definition) is 1. The first-order valence-electron chi connectivity index (χ1n) is 4.17. The van der Waals surface area contributed by atoms with Crippen LogP contribution in [-0.2, 0) is 0 Å². The maximum atomic E-state index is 10.9. The number of carbonyl (C=O) groups excluding carboxylic acids is 1. The molecule has 1 N–H and O–H groups in total. The first-order valence-corrected chi connectivity index (χ1v) is 4.17. The van der Waals surface area contributed by atoms with Gasteiger partial charge in [-0.1, -0.05) is 0 Å². The largest absolute Gasteiger partial charge is 0.478 e. The Balaban J connectivity index is 2.94. The summed E-state index contributed by atoms with van der Waals surface area (Å²) in [5, 5.41) is 12.8. The van der Waals surface area contributed by atoms with E-state index in [4.69, 9.17) is 5.11 Å². The van der Waals surface area contributed by atoms with E-state index in [2.05, 4.69) is 10.1 Å². The zero-order valence-electron chi connectivity index (χ0n) is 7.84. The molecule has 0 saturated carbocycles. The maximum absolute atomic E-state index is 10.9. The number of fused-ring (bicyclic) bond motifs is 1. The van der Waals surface area contributed by atoms with Gasteiger partial charge in [-0.25, -0.2) is 14.3 Å². The molecule has 0 aliphatic rings. The summed E-state index contributed by atoms with van der Waals surface area (Å²) in [5.74, 6) is -1.10. The van der Waals surface area contributed by atoms with Gasteiger partial charge in [0.15, 0.2) is 6.29 Å². The van der Waals surface area contributed by atoms with Gasteiger partial charge in [0.2, 0.25) is 0 Å². The molecular formula is C9H7N3O3. The lowest BCUT2D eigenvalue weighted by molar-refractivity contribution is 0.0699. The zero-order chi connectivity index (χ0) is 11.0. The van der Waals surface area contributed by atoms with Crippen molar-refractivity contribution in [3.05, 3.63) is 29.3 Å². The van der Waals surface area contributed by atoms with E-state index in [0.29, 0.717) is 12.0 Å². The molecule has 0 atom stereocenters. The number of aromatic carboxylic acids is 1. The van der Waals surface area contributed by atoms with Crippen LogP contribution < -0.4 is 0 Å². The molecule has 6 heteroatoms. The summed E-state index contributed by atoms with van der Waals surface area (Å²) >= 11 is 0. The van der Waals surface area contributed by atoms with Crippen molar-refractivity contribution in [3.8, 4) is 0 Å². The molecule has 0 fully saturated rings. The predicted octanol–water partition coefficient (Wildman–Crippen LogP) is 0.548. The molecule has 0 radical (unpaired) electrons. The third kappa shape index (κ3) is 1.26. The van der Waals surface area contributed by atoms with Crippen LogP contribution in [0.25, 0.3) is 5.52 Å². The molecule has 2 aromatic heterocycles. The minimum absolute atomic E-state index is 0.0372. The van der Waals surface area contributed by atoms with Crippen molar-refractivity contribution >= 4 is 17.8 Å². The molecule has 0 spiro atoms. The van der Waals surface area contributed by atoms with E-state index in [1.165, 1.54) is 16.9 Å². The van der Waals surface area contributed by atoms with Crippen LogP contribution in [0.15, 0.2) is 12.4 Å². The van der Waals surface area contributed by atoms with Crippen LogP contribution in [0.5, 0.6) is 0 Å². The summed E-state index contributed by atoms with van der Waals surface area (Å²) in [5.41, 5.74) is 0.996. The van der Waals surface area contributed by atoms with Gasteiger partial charge in [0, 0.05) is 5.69 Å². The lowest BCUT2D eigenvalue weighted by Crippen LogP contribution is -2.03. The lowest BCUT2D eigenvalue weighted by atomic mass is 10.2. The van der Waals surface area contributed by atoms with Crippen LogP contribution >= 0.6 is 0 Å². The van der Waals surface area contributed by atoms with Crippen LogP contribution in [0.4, 0.5) is 0 Å². The molecule has 0 bridgehead atoms. The molecule has 0 unspecified atom stereocenters. The molecule has 0 saturated heterocycles. The summed E-state index contributed by atoms with van der Waals surface area (Å²) in [6.45, 7) is 1.71. The number of carbonyl (C=O) groups is 2. The minimum Gasteiger partial charge on any atom is -0.478 e. The number of rotatable bonds is 2. The van der Waals surface area contributed by atoms with Gasteiger partial charge < -0.3 is 5.11 Å². The van der Waals surface area contributed by atoms with Gasteiger partial charge in [-0.15, -0.1) is 0 Å². The quantitative estimate of drug-likeness (QED) is 0.723. The van der Waals surface area contributed by atoms with E-state index in [1.807, 2.05) is 0 Å². The number of carboxylic acids is 1. The number of nitrogens with zero attached hydrogens (tertiary/aromatic N) is 3. The van der Waals surface area contributed by atoms with Crippen molar-refractivity contribution < 1.29 is 14.7 Å². The Morgan fingerprint density at radius 1 is 1.60 bits per heavy atom. The Hall–Kier alpha value is -2.24. The molecule has 2 aromatic rings. The summed E-state index contributed by atoms with van der Waals surface area (Å²) in [6.07, 6.45) is 1.73. The summed E-state index contributed by atoms with van der Waals surface area (Å²) in [6, 6.07) is 1.46. The first kappa shape index (κ1) is 9.32. The Morgan fingerprint density at radius 3 is 2.93 bits per heavy atom. The van der Waals surface area contributed by atoms with E-state index in [9.17, 15) is 9.59 Å². The zero-order valence-corrected chi connectivity index (χ0v) is 7.84. The normalized spacial score (nSPS) is 10.5. The van der Waals surface area contributed by atoms with Crippen LogP contribution in [0, 0.1) is 6.92 Å². The van der Waals surface area contributed by atoms with Gasteiger partial charge >= 0.3 is 5.97 Å². The Labute approximate surface area is 84.2 Å². The molecule has 0 aliphatic heterocycles. The molecule has 0 amide bonds. The van der Waals surface area contributed by atoms with E-state index < -0.39 is 5.97 Å². The van der Waals surface area contributed by atoms with Gasteiger partial charge in [0.25, 0.3) is 0 Å². The van der Waals surface area contributed by atoms with Crippen LogP contribution in [0.1, 0.15) is 26.5 Å². The fourth-order valence-electron chi connectivity index (χ4n) is 1.47. The van der Waals surface area contributed by atoms with Gasteiger partial charge in [-0.05, 0) is 13.0 Å². The fraction of sp³-hybridized carbons (Fsp3) is 0.111. The van der Waals surface area contributed by atoms with E-state index >= 15 is 0 Å². The highest BCUT2D eigenvalue weighted by Crippen LogP contribution is 2.16. The summed E-state index contributed by atoms with van der Waals surface area (Å²) < 4.78 is 1.39. The molecule has 6 nitrogen and oxygen atoms in total. The first-order chi connectivity index (χ1) is 7.15. The molecule has 15 heavy (non-hydrogen) atoms. The number of aldehydes is 1. The molecule has 76 valence electrons. The van der Waals surface area contributed by atoms with Gasteiger partial charge in [-0.3, -0.25) is 4.79 Å². The maximum Gasteiger partial charge on any atom is 0.338 e. The third-order valence-corrected chi connectivity index (χ3v) is 2.10. The number of carboxylic acid groups (broad SMARTS) is 1. The average Bonchev–Trinajstić information content (AvgIpc) is 2.56. The highest BCUT2D eigenvalue weighted by atomic mass is 16.4. The summed E-state index contributed by atoms with van der Waals surface area (Å²) in [7, 11) is 0. The van der Waals surface area contributed by atoms with Gasteiger partial charge in [0.05, 0.1) is 5.56 Å². The highest BCUT2D eigenvalue weighted by molar-refractivity contribution is 6.00. The van der Waals surface area contributed by atoms with Crippen molar-refractivity contribution in [2.75, 3.05) is 0 Å². The molecule has 2 rings (SSSR count). The molecule has 0 aliphatic carbocycles. The molecular weight excluding hydrogens is 198 g/mol. The SMILES string of the molecule is Cc1cc(C(=O)O)c2c(C=O)ncnn12. The van der Waals surface area contributed by atoms with E-state index in [1.54, 1.807) is 6.92 Å². The second kappa shape index (κ2) is 3.16. The monoisotopic (exact) mass is 205 g/mol. The molecule has 0 aromatic carbocycles. The Kier molecular flexibility index (Phi) is 1.96. The van der Waals surface area contributed by atoms with Crippen molar-refractivity contribution in [1.82, 2.24) is 14.6 Å². The van der Waals surface area contributed by atoms with E-state index in [-0.39, 0.29) is 16.8 Å². The summed E-state index contributed by atoms with van der Waals surface area (Å²) in [4.78, 5) is 25.3. The third-order valence-electron chi connectivity index (χ3n) is 2.10. The number of hydrogen-bond acceptors (Lipinski definition) is 4. The van der Waals surface area contributed by atoms with Crippen molar-refractivity contribution in [3.63, 3.8) is 0 Å². The Bertz CT molecular complexity index is 559. The van der Waals surface area contributed by atoms with Crippen molar-refractivity contribution in [1.29, 1.82) is 0 Å². The van der Waals surface area contributed by atoms with E-state index in [0.717, 1.165) is 0 Å². The van der Waals surface area contributed by atoms with Crippen LogP contribution in [0.3, 0.4) is 0 Å². The van der Waals surface area contributed by atoms with Crippen molar-refractivity contribution in [2.45, 2.75) is 6.92 Å². The van der Waals surface area contributed by atoms with Crippen molar-refractivity contribution in [2.24, 2.45) is 0 Å². The minimum atomic E-state index is -1.10. The second-order valence-corrected chi connectivity index (χ2v) is 3.03. The van der Waals surface area contributed by atoms with Crippen LogP contribution in [-0.4, -0.2) is 32.0 Å². The van der Waals surface area contributed by atoms with Gasteiger partial charge in [-0.2, -0.15) is 5.10 Å². The highest BCUT2D eigenvalue weighted by Gasteiger charge is 2.16.